The van der Waals surface area contributed by atoms with Crippen LogP contribution < -0.4 is 5.32 Å². The van der Waals surface area contributed by atoms with Gasteiger partial charge in [0.15, 0.2) is 0 Å². The normalized spacial score (nSPS) is 15.6. The van der Waals surface area contributed by atoms with Crippen molar-refractivity contribution < 1.29 is 14.0 Å². The van der Waals surface area contributed by atoms with Crippen LogP contribution in [0.5, 0.6) is 0 Å². The number of furan rings is 1. The van der Waals surface area contributed by atoms with Gasteiger partial charge in [-0.1, -0.05) is 35.9 Å². The minimum Gasteiger partial charge on any atom is -0.461 e. The minimum atomic E-state index is -0.259. The molecule has 6 heteroatoms. The Morgan fingerprint density at radius 2 is 1.90 bits per heavy atom. The van der Waals surface area contributed by atoms with Crippen molar-refractivity contribution in [2.75, 3.05) is 11.9 Å². The van der Waals surface area contributed by atoms with Crippen molar-refractivity contribution in [3.05, 3.63) is 76.5 Å². The van der Waals surface area contributed by atoms with Crippen LogP contribution in [-0.2, 0) is 17.8 Å². The standard InChI is InChI=1S/C24H21ClN2O3/c25-20-7-2-1-6-19(20)23(28)26-18-5-3-4-16(12-18)22-13-17-14-27(11-10-21(17)30-22)24(29)15-8-9-15/h1-7,12-13,15H,8-11,14H2,(H,26,28). The van der Waals surface area contributed by atoms with Crippen molar-refractivity contribution in [1.29, 1.82) is 0 Å². The molecule has 0 bridgehead atoms. The van der Waals surface area contributed by atoms with Crippen molar-refractivity contribution in [1.82, 2.24) is 4.90 Å². The third-order valence-corrected chi connectivity index (χ3v) is 5.96. The maximum atomic E-state index is 12.5. The fourth-order valence-electron chi connectivity index (χ4n) is 3.85. The van der Waals surface area contributed by atoms with Crippen molar-refractivity contribution in [2.45, 2.75) is 25.8 Å². The number of benzene rings is 2. The number of nitrogens with one attached hydrogen (secondary N) is 1. The van der Waals surface area contributed by atoms with E-state index in [0.29, 0.717) is 29.4 Å². The fourth-order valence-corrected chi connectivity index (χ4v) is 4.07. The van der Waals surface area contributed by atoms with Crippen LogP contribution >= 0.6 is 11.6 Å². The zero-order chi connectivity index (χ0) is 20.7. The highest BCUT2D eigenvalue weighted by Gasteiger charge is 2.35. The van der Waals surface area contributed by atoms with Crippen molar-refractivity contribution in [2.24, 2.45) is 5.92 Å². The fraction of sp³-hybridized carbons (Fsp3) is 0.250. The van der Waals surface area contributed by atoms with E-state index in [1.807, 2.05) is 35.2 Å². The van der Waals surface area contributed by atoms with Gasteiger partial charge in [-0.25, -0.2) is 0 Å². The van der Waals surface area contributed by atoms with Gasteiger partial charge in [0.05, 0.1) is 10.6 Å². The largest absolute Gasteiger partial charge is 0.461 e. The third kappa shape index (κ3) is 3.73. The molecule has 1 aromatic heterocycles. The predicted molar refractivity (Wildman–Crippen MR) is 115 cm³/mol. The first kappa shape index (κ1) is 18.9. The van der Waals surface area contributed by atoms with E-state index in [0.717, 1.165) is 41.9 Å². The van der Waals surface area contributed by atoms with Crippen molar-refractivity contribution in [3.63, 3.8) is 0 Å². The topological polar surface area (TPSA) is 62.6 Å². The van der Waals surface area contributed by atoms with Crippen LogP contribution in [0.25, 0.3) is 11.3 Å². The summed E-state index contributed by atoms with van der Waals surface area (Å²) < 4.78 is 6.09. The monoisotopic (exact) mass is 420 g/mol. The Labute approximate surface area is 179 Å². The van der Waals surface area contributed by atoms with E-state index in [-0.39, 0.29) is 17.7 Å². The molecule has 0 atom stereocenters. The summed E-state index contributed by atoms with van der Waals surface area (Å²) >= 11 is 6.12. The Morgan fingerprint density at radius 1 is 1.07 bits per heavy atom. The zero-order valence-electron chi connectivity index (χ0n) is 16.4. The third-order valence-electron chi connectivity index (χ3n) is 5.63. The number of fused-ring (bicyclic) bond motifs is 1. The maximum absolute atomic E-state index is 12.5. The van der Waals surface area contributed by atoms with Gasteiger partial charge in [0.2, 0.25) is 5.91 Å². The van der Waals surface area contributed by atoms with E-state index in [2.05, 4.69) is 5.32 Å². The van der Waals surface area contributed by atoms with Crippen LogP contribution in [0.2, 0.25) is 5.02 Å². The SMILES string of the molecule is O=C(Nc1cccc(-c2cc3c(o2)CCN(C(=O)C2CC2)C3)c1)c1ccccc1Cl. The summed E-state index contributed by atoms with van der Waals surface area (Å²) in [5.41, 5.74) is 3.04. The first-order valence-corrected chi connectivity index (χ1v) is 10.5. The first-order chi connectivity index (χ1) is 14.6. The molecule has 1 fully saturated rings. The van der Waals surface area contributed by atoms with E-state index >= 15 is 0 Å². The molecule has 0 spiro atoms. The Bertz CT molecular complexity index is 1130. The number of hydrogen-bond donors (Lipinski definition) is 1. The van der Waals surface area contributed by atoms with Gasteiger partial charge in [0.1, 0.15) is 11.5 Å². The summed E-state index contributed by atoms with van der Waals surface area (Å²) in [6, 6.07) is 16.5. The average Bonchev–Trinajstić information content (AvgIpc) is 3.52. The number of hydrogen-bond acceptors (Lipinski definition) is 3. The highest BCUT2D eigenvalue weighted by Crippen LogP contribution is 2.35. The van der Waals surface area contributed by atoms with E-state index in [4.69, 9.17) is 16.0 Å². The molecule has 1 saturated carbocycles. The Kier molecular flexibility index (Phi) is 4.83. The maximum Gasteiger partial charge on any atom is 0.257 e. The number of rotatable bonds is 4. The van der Waals surface area contributed by atoms with Crippen LogP contribution in [-0.4, -0.2) is 23.3 Å². The molecule has 0 unspecified atom stereocenters. The molecule has 2 aliphatic rings. The molecule has 2 amide bonds. The summed E-state index contributed by atoms with van der Waals surface area (Å²) in [7, 11) is 0. The quantitative estimate of drug-likeness (QED) is 0.635. The van der Waals surface area contributed by atoms with Crippen molar-refractivity contribution in [3.8, 4) is 11.3 Å². The number of halogens is 1. The molecular formula is C24H21ClN2O3. The summed E-state index contributed by atoms with van der Waals surface area (Å²) in [4.78, 5) is 26.9. The summed E-state index contributed by atoms with van der Waals surface area (Å²) in [6.07, 6.45) is 2.77. The molecule has 2 heterocycles. The van der Waals surface area contributed by atoms with E-state index < -0.39 is 0 Å². The van der Waals surface area contributed by atoms with Gasteiger partial charge in [-0.2, -0.15) is 0 Å². The van der Waals surface area contributed by atoms with Gasteiger partial charge in [0.25, 0.3) is 5.91 Å². The molecule has 5 rings (SSSR count). The van der Waals surface area contributed by atoms with Crippen LogP contribution in [0.1, 0.15) is 34.5 Å². The summed E-state index contributed by atoms with van der Waals surface area (Å²) in [5, 5.41) is 3.31. The number of anilines is 1. The first-order valence-electron chi connectivity index (χ1n) is 10.1. The lowest BCUT2D eigenvalue weighted by atomic mass is 10.1. The molecule has 1 N–H and O–H groups in total. The second-order valence-corrected chi connectivity index (χ2v) is 8.27. The van der Waals surface area contributed by atoms with Crippen LogP contribution in [0.3, 0.4) is 0 Å². The zero-order valence-corrected chi connectivity index (χ0v) is 17.1. The van der Waals surface area contributed by atoms with Gasteiger partial charge in [-0.05, 0) is 43.2 Å². The van der Waals surface area contributed by atoms with E-state index in [1.165, 1.54) is 0 Å². The number of nitrogens with zero attached hydrogens (tertiary/aromatic N) is 1. The molecule has 0 saturated heterocycles. The van der Waals surface area contributed by atoms with Gasteiger partial charge >= 0.3 is 0 Å². The lowest BCUT2D eigenvalue weighted by molar-refractivity contribution is -0.133. The van der Waals surface area contributed by atoms with Crippen LogP contribution in [0.15, 0.2) is 59.0 Å². The lowest BCUT2D eigenvalue weighted by Gasteiger charge is -2.26. The number of carbonyl (C=O) groups is 2. The van der Waals surface area contributed by atoms with Gasteiger partial charge in [-0.15, -0.1) is 0 Å². The smallest absolute Gasteiger partial charge is 0.257 e. The minimum absolute atomic E-state index is 0.233. The Balaban J connectivity index is 1.34. The highest BCUT2D eigenvalue weighted by molar-refractivity contribution is 6.34. The van der Waals surface area contributed by atoms with E-state index in [9.17, 15) is 9.59 Å². The molecule has 3 aromatic rings. The van der Waals surface area contributed by atoms with Gasteiger partial charge in [0, 0.05) is 42.2 Å². The van der Waals surface area contributed by atoms with Crippen LogP contribution in [0.4, 0.5) is 5.69 Å². The van der Waals surface area contributed by atoms with Crippen molar-refractivity contribution >= 4 is 29.1 Å². The molecule has 5 nitrogen and oxygen atoms in total. The van der Waals surface area contributed by atoms with Crippen LogP contribution in [0, 0.1) is 5.92 Å². The molecule has 1 aliphatic carbocycles. The average molecular weight is 421 g/mol. The molecule has 0 radical (unpaired) electrons. The Hall–Kier alpha value is -3.05. The summed E-state index contributed by atoms with van der Waals surface area (Å²) in [5.74, 6) is 1.93. The second-order valence-electron chi connectivity index (χ2n) is 7.86. The number of carbonyl (C=O) groups excluding carboxylic acids is 2. The van der Waals surface area contributed by atoms with Gasteiger partial charge in [-0.3, -0.25) is 9.59 Å². The molecule has 2 aromatic carbocycles. The predicted octanol–water partition coefficient (Wildman–Crippen LogP) is 5.15. The lowest BCUT2D eigenvalue weighted by Crippen LogP contribution is -2.36. The van der Waals surface area contributed by atoms with Gasteiger partial charge < -0.3 is 14.6 Å². The Morgan fingerprint density at radius 3 is 2.70 bits per heavy atom. The molecule has 30 heavy (non-hydrogen) atoms. The second kappa shape index (κ2) is 7.65. The molecule has 152 valence electrons. The highest BCUT2D eigenvalue weighted by atomic mass is 35.5. The molecule has 1 aliphatic heterocycles. The van der Waals surface area contributed by atoms with E-state index in [1.54, 1.807) is 24.3 Å². The number of amides is 2. The molecular weight excluding hydrogens is 400 g/mol. The summed E-state index contributed by atoms with van der Waals surface area (Å²) in [6.45, 7) is 1.32.